The van der Waals surface area contributed by atoms with Gasteiger partial charge in [-0.05, 0) is 6.92 Å². The van der Waals surface area contributed by atoms with Gasteiger partial charge < -0.3 is 4.74 Å². The van der Waals surface area contributed by atoms with Crippen LogP contribution < -0.4 is 0 Å². The number of hydrogen-bond acceptors (Lipinski definition) is 5. The molecule has 11 heavy (non-hydrogen) atoms. The molecule has 0 spiro atoms. The lowest BCUT2D eigenvalue weighted by Crippen LogP contribution is -2.09. The Morgan fingerprint density at radius 2 is 2.27 bits per heavy atom. The average molecular weight is 177 g/mol. The fraction of sp³-hybridized carbons (Fsp3) is 0.400. The Morgan fingerprint density at radius 1 is 1.73 bits per heavy atom. The lowest BCUT2D eigenvalue weighted by atomic mass is 10.6. The maximum Gasteiger partial charge on any atom is 0.332 e. The highest BCUT2D eigenvalue weighted by atomic mass is 32.2. The van der Waals surface area contributed by atoms with Gasteiger partial charge in [0.2, 0.25) is 6.23 Å². The molecular formula is C5H7NO4S. The van der Waals surface area contributed by atoms with Crippen LogP contribution in [-0.2, 0) is 20.0 Å². The molecule has 0 bridgehead atoms. The quantitative estimate of drug-likeness (QED) is 0.453. The van der Waals surface area contributed by atoms with Crippen molar-refractivity contribution in [1.82, 2.24) is 0 Å². The highest BCUT2D eigenvalue weighted by Gasteiger charge is 2.02. The Morgan fingerprint density at radius 3 is 2.64 bits per heavy atom. The summed E-state index contributed by atoms with van der Waals surface area (Å²) >= 11 is 0. The molecule has 0 aromatic rings. The van der Waals surface area contributed by atoms with Crippen LogP contribution in [0, 0.1) is 0 Å². The van der Waals surface area contributed by atoms with Crippen LogP contribution in [0.3, 0.4) is 0 Å². The lowest BCUT2D eigenvalue weighted by Gasteiger charge is -2.01. The van der Waals surface area contributed by atoms with Gasteiger partial charge in [-0.25, -0.2) is 4.79 Å². The molecule has 0 N–H and O–H groups in total. The Kier molecular flexibility index (Phi) is 4.12. The SMILES string of the molecule is C=CC(=O)OC(C)N=S(=O)=O. The summed E-state index contributed by atoms with van der Waals surface area (Å²) in [6, 6.07) is 0. The molecule has 1 atom stereocenters. The van der Waals surface area contributed by atoms with Gasteiger partial charge in [0, 0.05) is 6.08 Å². The summed E-state index contributed by atoms with van der Waals surface area (Å²) in [6.07, 6.45) is -0.0569. The van der Waals surface area contributed by atoms with E-state index in [4.69, 9.17) is 0 Å². The molecule has 62 valence electrons. The summed E-state index contributed by atoms with van der Waals surface area (Å²) in [7, 11) is -2.55. The fourth-order valence-corrected chi connectivity index (χ4v) is 0.644. The zero-order valence-corrected chi connectivity index (χ0v) is 6.67. The molecule has 0 aliphatic rings. The van der Waals surface area contributed by atoms with Gasteiger partial charge in [-0.3, -0.25) is 0 Å². The number of nitrogens with zero attached hydrogens (tertiary/aromatic N) is 1. The first-order valence-corrected chi connectivity index (χ1v) is 3.72. The van der Waals surface area contributed by atoms with Gasteiger partial charge in [0.05, 0.1) is 0 Å². The topological polar surface area (TPSA) is 72.8 Å². The number of esters is 1. The third kappa shape index (κ3) is 5.28. The molecule has 6 heteroatoms. The van der Waals surface area contributed by atoms with E-state index in [1.165, 1.54) is 6.92 Å². The van der Waals surface area contributed by atoms with Gasteiger partial charge in [0.15, 0.2) is 0 Å². The van der Waals surface area contributed by atoms with E-state index in [1.807, 2.05) is 0 Å². The van der Waals surface area contributed by atoms with Crippen molar-refractivity contribution in [2.75, 3.05) is 0 Å². The van der Waals surface area contributed by atoms with E-state index in [9.17, 15) is 13.2 Å². The minimum absolute atomic E-state index is 0.702. The molecule has 0 aromatic carbocycles. The number of ether oxygens (including phenoxy) is 1. The van der Waals surface area contributed by atoms with Gasteiger partial charge in [0.1, 0.15) is 0 Å². The number of carbonyl (C=O) groups is 1. The maximum absolute atomic E-state index is 10.4. The predicted octanol–water partition coefficient (Wildman–Crippen LogP) is 0.124. The summed E-state index contributed by atoms with van der Waals surface area (Å²) in [4.78, 5) is 10.4. The monoisotopic (exact) mass is 177 g/mol. The molecular weight excluding hydrogens is 170 g/mol. The van der Waals surface area contributed by atoms with Gasteiger partial charge >= 0.3 is 16.5 Å². The van der Waals surface area contributed by atoms with E-state index < -0.39 is 22.7 Å². The average Bonchev–Trinajstić information content (AvgIpc) is 1.85. The predicted molar refractivity (Wildman–Crippen MR) is 37.1 cm³/mol. The van der Waals surface area contributed by atoms with Crippen molar-refractivity contribution in [3.63, 3.8) is 0 Å². The summed E-state index contributed by atoms with van der Waals surface area (Å²) in [5.74, 6) is -0.702. The Labute approximate surface area is 65.4 Å². The van der Waals surface area contributed by atoms with E-state index in [2.05, 4.69) is 15.7 Å². The summed E-state index contributed by atoms with van der Waals surface area (Å²) in [5.41, 5.74) is 0. The standard InChI is InChI=1S/C5H7NO4S/c1-3-5(7)10-4(2)6-11(8)9/h3-4H,1H2,2H3. The molecule has 0 amide bonds. The number of hydrogen-bond donors (Lipinski definition) is 0. The van der Waals surface area contributed by atoms with E-state index in [0.29, 0.717) is 0 Å². The van der Waals surface area contributed by atoms with E-state index in [1.54, 1.807) is 0 Å². The van der Waals surface area contributed by atoms with Gasteiger partial charge in [-0.1, -0.05) is 6.58 Å². The van der Waals surface area contributed by atoms with Crippen LogP contribution in [0.4, 0.5) is 0 Å². The first-order chi connectivity index (χ1) is 5.06. The van der Waals surface area contributed by atoms with E-state index >= 15 is 0 Å². The largest absolute Gasteiger partial charge is 0.436 e. The van der Waals surface area contributed by atoms with Gasteiger partial charge in [-0.15, -0.1) is 4.36 Å². The van der Waals surface area contributed by atoms with Crippen molar-refractivity contribution < 1.29 is 17.9 Å². The third-order valence-electron chi connectivity index (χ3n) is 0.688. The molecule has 0 fully saturated rings. The van der Waals surface area contributed by atoms with Crippen LogP contribution in [0.15, 0.2) is 17.0 Å². The zero-order chi connectivity index (χ0) is 8.85. The van der Waals surface area contributed by atoms with Crippen LogP contribution in [0.1, 0.15) is 6.92 Å². The molecule has 1 unspecified atom stereocenters. The minimum atomic E-state index is -2.55. The van der Waals surface area contributed by atoms with Crippen molar-refractivity contribution in [3.8, 4) is 0 Å². The van der Waals surface area contributed by atoms with Crippen LogP contribution >= 0.6 is 0 Å². The molecule has 0 aliphatic heterocycles. The second-order valence-electron chi connectivity index (χ2n) is 1.56. The molecule has 0 aromatic heterocycles. The molecule has 0 saturated heterocycles. The Hall–Kier alpha value is -1.17. The third-order valence-corrected chi connectivity index (χ3v) is 1.16. The maximum atomic E-state index is 10.4. The molecule has 0 rings (SSSR count). The van der Waals surface area contributed by atoms with Crippen molar-refractivity contribution in [2.45, 2.75) is 13.2 Å². The molecule has 0 radical (unpaired) electrons. The van der Waals surface area contributed by atoms with Gasteiger partial charge in [0.25, 0.3) is 0 Å². The normalized spacial score (nSPS) is 11.4. The Balaban J connectivity index is 4.08. The fourth-order valence-electron chi connectivity index (χ4n) is 0.359. The second-order valence-corrected chi connectivity index (χ2v) is 2.21. The van der Waals surface area contributed by atoms with E-state index in [0.717, 1.165) is 6.08 Å². The smallest absolute Gasteiger partial charge is 0.332 e. The first kappa shape index (κ1) is 9.83. The molecule has 0 saturated carbocycles. The number of carbonyl (C=O) groups excluding carboxylic acids is 1. The Bertz CT molecular complexity index is 271. The number of rotatable bonds is 3. The molecule has 5 nitrogen and oxygen atoms in total. The molecule has 0 aliphatic carbocycles. The minimum Gasteiger partial charge on any atom is -0.436 e. The first-order valence-electron chi connectivity index (χ1n) is 2.69. The van der Waals surface area contributed by atoms with E-state index in [-0.39, 0.29) is 0 Å². The van der Waals surface area contributed by atoms with Crippen molar-refractivity contribution in [1.29, 1.82) is 0 Å². The summed E-state index contributed by atoms with van der Waals surface area (Å²) in [5, 5.41) is 0. The summed E-state index contributed by atoms with van der Waals surface area (Å²) in [6.45, 7) is 4.45. The highest BCUT2D eigenvalue weighted by Crippen LogP contribution is 1.92. The summed E-state index contributed by atoms with van der Waals surface area (Å²) < 4.78 is 27.2. The van der Waals surface area contributed by atoms with Crippen molar-refractivity contribution >= 4 is 16.5 Å². The van der Waals surface area contributed by atoms with Crippen LogP contribution in [0.2, 0.25) is 0 Å². The zero-order valence-electron chi connectivity index (χ0n) is 5.85. The van der Waals surface area contributed by atoms with Gasteiger partial charge in [-0.2, -0.15) is 8.42 Å². The lowest BCUT2D eigenvalue weighted by molar-refractivity contribution is -0.141. The van der Waals surface area contributed by atoms with Crippen LogP contribution in [0.5, 0.6) is 0 Å². The highest BCUT2D eigenvalue weighted by molar-refractivity contribution is 7.61. The van der Waals surface area contributed by atoms with Crippen molar-refractivity contribution in [2.24, 2.45) is 4.36 Å². The van der Waals surface area contributed by atoms with Crippen LogP contribution in [0.25, 0.3) is 0 Å². The second kappa shape index (κ2) is 4.62. The van der Waals surface area contributed by atoms with Crippen molar-refractivity contribution in [3.05, 3.63) is 12.7 Å². The molecule has 0 heterocycles. The van der Waals surface area contributed by atoms with Crippen LogP contribution in [-0.4, -0.2) is 20.6 Å².